The Bertz CT molecular complexity index is 474. The SMILES string of the molecule is CN(C)CCCc1c[nH]c2ccc(O)cc12. The van der Waals surface area contributed by atoms with Gasteiger partial charge in [0.2, 0.25) is 0 Å². The summed E-state index contributed by atoms with van der Waals surface area (Å²) in [7, 11) is 4.17. The molecule has 86 valence electrons. The zero-order chi connectivity index (χ0) is 11.5. The summed E-state index contributed by atoms with van der Waals surface area (Å²) in [5, 5.41) is 10.6. The second-order valence-electron chi connectivity index (χ2n) is 4.45. The lowest BCUT2D eigenvalue weighted by atomic mass is 10.1. The van der Waals surface area contributed by atoms with Gasteiger partial charge in [0.15, 0.2) is 0 Å². The number of aromatic amines is 1. The molecule has 0 aliphatic rings. The molecular weight excluding hydrogens is 200 g/mol. The summed E-state index contributed by atoms with van der Waals surface area (Å²) in [4.78, 5) is 5.42. The Morgan fingerprint density at radius 3 is 2.88 bits per heavy atom. The van der Waals surface area contributed by atoms with Crippen LogP contribution in [0.15, 0.2) is 24.4 Å². The van der Waals surface area contributed by atoms with Crippen molar-refractivity contribution in [1.29, 1.82) is 0 Å². The van der Waals surface area contributed by atoms with Crippen molar-refractivity contribution in [2.45, 2.75) is 12.8 Å². The molecule has 0 bridgehead atoms. The maximum absolute atomic E-state index is 9.46. The molecule has 16 heavy (non-hydrogen) atoms. The Labute approximate surface area is 95.7 Å². The Kier molecular flexibility index (Phi) is 3.15. The second kappa shape index (κ2) is 4.58. The fraction of sp³-hybridized carbons (Fsp3) is 0.385. The van der Waals surface area contributed by atoms with Gasteiger partial charge in [-0.2, -0.15) is 0 Å². The molecule has 0 aliphatic carbocycles. The van der Waals surface area contributed by atoms with E-state index in [9.17, 15) is 5.11 Å². The highest BCUT2D eigenvalue weighted by molar-refractivity contribution is 5.84. The first-order chi connectivity index (χ1) is 7.66. The lowest BCUT2D eigenvalue weighted by molar-refractivity contribution is 0.400. The summed E-state index contributed by atoms with van der Waals surface area (Å²) in [6, 6.07) is 5.46. The van der Waals surface area contributed by atoms with Crippen LogP contribution in [0.2, 0.25) is 0 Å². The first kappa shape index (κ1) is 11.0. The predicted octanol–water partition coefficient (Wildman–Crippen LogP) is 2.37. The van der Waals surface area contributed by atoms with Gasteiger partial charge in [0.25, 0.3) is 0 Å². The number of phenolic OH excluding ortho intramolecular Hbond substituents is 1. The van der Waals surface area contributed by atoms with Crippen molar-refractivity contribution in [2.24, 2.45) is 0 Å². The average Bonchev–Trinajstić information content (AvgIpc) is 2.60. The molecule has 0 radical (unpaired) electrons. The Balaban J connectivity index is 2.15. The van der Waals surface area contributed by atoms with Crippen LogP contribution in [0, 0.1) is 0 Å². The summed E-state index contributed by atoms with van der Waals surface area (Å²) in [5.74, 6) is 0.334. The number of H-pyrrole nitrogens is 1. The van der Waals surface area contributed by atoms with Gasteiger partial charge >= 0.3 is 0 Å². The van der Waals surface area contributed by atoms with Crippen LogP contribution in [0.5, 0.6) is 5.75 Å². The van der Waals surface area contributed by atoms with Gasteiger partial charge in [-0.1, -0.05) is 0 Å². The van der Waals surface area contributed by atoms with Crippen molar-refractivity contribution in [2.75, 3.05) is 20.6 Å². The van der Waals surface area contributed by atoms with Gasteiger partial charge in [0.05, 0.1) is 0 Å². The monoisotopic (exact) mass is 218 g/mol. The molecule has 0 saturated heterocycles. The van der Waals surface area contributed by atoms with Gasteiger partial charge in [-0.3, -0.25) is 0 Å². The highest BCUT2D eigenvalue weighted by atomic mass is 16.3. The maximum Gasteiger partial charge on any atom is 0.116 e. The number of benzene rings is 1. The lowest BCUT2D eigenvalue weighted by Crippen LogP contribution is -2.13. The molecule has 2 rings (SSSR count). The van der Waals surface area contributed by atoms with Crippen molar-refractivity contribution < 1.29 is 5.11 Å². The van der Waals surface area contributed by atoms with E-state index in [0.29, 0.717) is 5.75 Å². The molecule has 0 amide bonds. The van der Waals surface area contributed by atoms with Crippen molar-refractivity contribution in [1.82, 2.24) is 9.88 Å². The van der Waals surface area contributed by atoms with Crippen LogP contribution in [0.4, 0.5) is 0 Å². The van der Waals surface area contributed by atoms with Crippen LogP contribution in [0.25, 0.3) is 10.9 Å². The van der Waals surface area contributed by atoms with Crippen molar-refractivity contribution >= 4 is 10.9 Å². The Hall–Kier alpha value is -1.48. The number of fused-ring (bicyclic) bond motifs is 1. The summed E-state index contributed by atoms with van der Waals surface area (Å²) in [6.07, 6.45) is 4.22. The number of aryl methyl sites for hydroxylation is 1. The summed E-state index contributed by atoms with van der Waals surface area (Å²) >= 11 is 0. The van der Waals surface area contributed by atoms with Gasteiger partial charge < -0.3 is 15.0 Å². The van der Waals surface area contributed by atoms with E-state index in [0.717, 1.165) is 30.3 Å². The van der Waals surface area contributed by atoms with Crippen LogP contribution in [-0.4, -0.2) is 35.6 Å². The second-order valence-corrected chi connectivity index (χ2v) is 4.45. The molecule has 0 atom stereocenters. The number of nitrogens with zero attached hydrogens (tertiary/aromatic N) is 1. The minimum atomic E-state index is 0.334. The number of nitrogens with one attached hydrogen (secondary N) is 1. The molecule has 0 spiro atoms. The lowest BCUT2D eigenvalue weighted by Gasteiger charge is -2.08. The molecule has 3 heteroatoms. The van der Waals surface area contributed by atoms with Crippen LogP contribution >= 0.6 is 0 Å². The Morgan fingerprint density at radius 1 is 1.31 bits per heavy atom. The van der Waals surface area contributed by atoms with E-state index in [1.54, 1.807) is 6.07 Å². The first-order valence-corrected chi connectivity index (χ1v) is 5.60. The Morgan fingerprint density at radius 2 is 2.12 bits per heavy atom. The molecule has 2 aromatic rings. The third kappa shape index (κ3) is 2.36. The van der Waals surface area contributed by atoms with Gasteiger partial charge in [-0.25, -0.2) is 0 Å². The predicted molar refractivity (Wildman–Crippen MR) is 66.8 cm³/mol. The standard InChI is InChI=1S/C13H18N2O/c1-15(2)7-3-4-10-9-14-13-6-5-11(16)8-12(10)13/h5-6,8-9,14,16H,3-4,7H2,1-2H3. The zero-order valence-electron chi connectivity index (χ0n) is 9.83. The third-order valence-electron chi connectivity index (χ3n) is 2.80. The molecule has 3 nitrogen and oxygen atoms in total. The highest BCUT2D eigenvalue weighted by Crippen LogP contribution is 2.23. The van der Waals surface area contributed by atoms with Gasteiger partial charge in [-0.15, -0.1) is 0 Å². The molecular formula is C13H18N2O. The normalized spacial score (nSPS) is 11.4. The van der Waals surface area contributed by atoms with Gasteiger partial charge in [-0.05, 0) is 57.2 Å². The van der Waals surface area contributed by atoms with Crippen LogP contribution in [0.3, 0.4) is 0 Å². The highest BCUT2D eigenvalue weighted by Gasteiger charge is 2.04. The van der Waals surface area contributed by atoms with Gasteiger partial charge in [0.1, 0.15) is 5.75 Å². The van der Waals surface area contributed by atoms with Crippen molar-refractivity contribution in [3.05, 3.63) is 30.0 Å². The number of hydrogen-bond acceptors (Lipinski definition) is 2. The zero-order valence-corrected chi connectivity index (χ0v) is 9.83. The molecule has 2 N–H and O–H groups in total. The summed E-state index contributed by atoms with van der Waals surface area (Å²) < 4.78 is 0. The van der Waals surface area contributed by atoms with Crippen LogP contribution in [0.1, 0.15) is 12.0 Å². The smallest absolute Gasteiger partial charge is 0.116 e. The minimum Gasteiger partial charge on any atom is -0.508 e. The summed E-state index contributed by atoms with van der Waals surface area (Å²) in [5.41, 5.74) is 2.38. The summed E-state index contributed by atoms with van der Waals surface area (Å²) in [6.45, 7) is 1.09. The largest absolute Gasteiger partial charge is 0.508 e. The molecule has 1 aromatic carbocycles. The first-order valence-electron chi connectivity index (χ1n) is 5.60. The molecule has 0 fully saturated rings. The van der Waals surface area contributed by atoms with E-state index in [2.05, 4.69) is 24.0 Å². The van der Waals surface area contributed by atoms with E-state index < -0.39 is 0 Å². The fourth-order valence-corrected chi connectivity index (χ4v) is 1.96. The van der Waals surface area contributed by atoms with Gasteiger partial charge in [0, 0.05) is 17.1 Å². The van der Waals surface area contributed by atoms with E-state index in [1.165, 1.54) is 5.56 Å². The maximum atomic E-state index is 9.46. The number of hydrogen-bond donors (Lipinski definition) is 2. The van der Waals surface area contributed by atoms with E-state index in [4.69, 9.17) is 0 Å². The number of phenols is 1. The average molecular weight is 218 g/mol. The third-order valence-corrected chi connectivity index (χ3v) is 2.80. The van der Waals surface area contributed by atoms with Crippen LogP contribution in [-0.2, 0) is 6.42 Å². The molecule has 0 aliphatic heterocycles. The molecule has 0 saturated carbocycles. The molecule has 1 heterocycles. The van der Waals surface area contributed by atoms with Crippen molar-refractivity contribution in [3.8, 4) is 5.75 Å². The number of aromatic nitrogens is 1. The number of rotatable bonds is 4. The topological polar surface area (TPSA) is 39.3 Å². The van der Waals surface area contributed by atoms with Crippen molar-refractivity contribution in [3.63, 3.8) is 0 Å². The van der Waals surface area contributed by atoms with Crippen LogP contribution < -0.4 is 0 Å². The van der Waals surface area contributed by atoms with E-state index in [1.807, 2.05) is 18.3 Å². The minimum absolute atomic E-state index is 0.334. The molecule has 1 aromatic heterocycles. The van der Waals surface area contributed by atoms with E-state index in [-0.39, 0.29) is 0 Å². The fourth-order valence-electron chi connectivity index (χ4n) is 1.96. The quantitative estimate of drug-likeness (QED) is 0.827. The van der Waals surface area contributed by atoms with E-state index >= 15 is 0 Å². The molecule has 0 unspecified atom stereocenters. The number of aromatic hydroxyl groups is 1.